The van der Waals surface area contributed by atoms with Gasteiger partial charge in [0.1, 0.15) is 6.04 Å². The first-order valence-electron chi connectivity index (χ1n) is 5.91. The normalized spacial score (nSPS) is 11.6. The lowest BCUT2D eigenvalue weighted by atomic mass is 10.1. The van der Waals surface area contributed by atoms with E-state index in [1.807, 2.05) is 0 Å². The Balaban J connectivity index is 2.79. The predicted molar refractivity (Wildman–Crippen MR) is 71.6 cm³/mol. The molecule has 2 N–H and O–H groups in total. The summed E-state index contributed by atoms with van der Waals surface area (Å²) in [4.78, 5) is 33.9. The van der Waals surface area contributed by atoms with Crippen LogP contribution in [0.1, 0.15) is 23.2 Å². The van der Waals surface area contributed by atoms with Gasteiger partial charge in [0.05, 0.1) is 17.7 Å². The molecule has 0 saturated carbocycles. The number of ether oxygens (including phenoxy) is 1. The monoisotopic (exact) mass is 317 g/mol. The first-order chi connectivity index (χ1) is 9.86. The van der Waals surface area contributed by atoms with Crippen LogP contribution < -0.4 is 5.32 Å². The third kappa shape index (κ3) is 4.71. The Labute approximate surface area is 124 Å². The molecular weight excluding hydrogens is 305 g/mol. The van der Waals surface area contributed by atoms with Crippen molar-refractivity contribution in [3.05, 3.63) is 34.6 Å². The van der Waals surface area contributed by atoms with E-state index in [1.165, 1.54) is 18.2 Å². The van der Waals surface area contributed by atoms with E-state index >= 15 is 0 Å². The quantitative estimate of drug-likeness (QED) is 0.778. The molecule has 0 fully saturated rings. The highest BCUT2D eigenvalue weighted by Crippen LogP contribution is 2.18. The number of methoxy groups -OCH3 is 1. The maximum absolute atomic E-state index is 13.7. The molecular formula is C13H13ClFNO5. The summed E-state index contributed by atoms with van der Waals surface area (Å²) in [7, 11) is 1.16. The molecule has 0 aliphatic carbocycles. The Morgan fingerprint density at radius 1 is 1.43 bits per heavy atom. The maximum atomic E-state index is 13.7. The van der Waals surface area contributed by atoms with Crippen LogP contribution in [0.4, 0.5) is 4.39 Å². The largest absolute Gasteiger partial charge is 0.480 e. The molecule has 0 aliphatic rings. The van der Waals surface area contributed by atoms with Crippen molar-refractivity contribution in [1.29, 1.82) is 0 Å². The molecule has 0 aromatic heterocycles. The highest BCUT2D eigenvalue weighted by Gasteiger charge is 2.23. The van der Waals surface area contributed by atoms with Gasteiger partial charge in [-0.2, -0.15) is 0 Å². The lowest BCUT2D eigenvalue weighted by molar-refractivity contribution is -0.142. The zero-order valence-corrected chi connectivity index (χ0v) is 11.8. The number of esters is 1. The van der Waals surface area contributed by atoms with Crippen LogP contribution in [0.5, 0.6) is 0 Å². The van der Waals surface area contributed by atoms with Crippen molar-refractivity contribution in [3.63, 3.8) is 0 Å². The van der Waals surface area contributed by atoms with E-state index in [-0.39, 0.29) is 23.4 Å². The second kappa shape index (κ2) is 7.58. The Kier molecular flexibility index (Phi) is 6.10. The summed E-state index contributed by atoms with van der Waals surface area (Å²) in [6, 6.07) is 2.47. The second-order valence-corrected chi connectivity index (χ2v) is 4.49. The average Bonchev–Trinajstić information content (AvgIpc) is 2.45. The minimum Gasteiger partial charge on any atom is -0.480 e. The molecule has 8 heteroatoms. The van der Waals surface area contributed by atoms with Gasteiger partial charge in [0.2, 0.25) is 0 Å². The van der Waals surface area contributed by atoms with Crippen molar-refractivity contribution in [2.45, 2.75) is 18.9 Å². The van der Waals surface area contributed by atoms with Gasteiger partial charge in [0.15, 0.2) is 5.82 Å². The summed E-state index contributed by atoms with van der Waals surface area (Å²) in [6.07, 6.45) is -0.359. The predicted octanol–water partition coefficient (Wildman–Crippen LogP) is 1.62. The first kappa shape index (κ1) is 16.9. The highest BCUT2D eigenvalue weighted by atomic mass is 35.5. The number of hydrogen-bond donors (Lipinski definition) is 2. The number of carboxylic acid groups (broad SMARTS) is 1. The Bertz CT molecular complexity index is 563. The van der Waals surface area contributed by atoms with Gasteiger partial charge in [-0.3, -0.25) is 9.59 Å². The van der Waals surface area contributed by atoms with Gasteiger partial charge in [-0.15, -0.1) is 0 Å². The molecule has 0 bridgehead atoms. The van der Waals surface area contributed by atoms with Crippen molar-refractivity contribution in [2.24, 2.45) is 0 Å². The average molecular weight is 318 g/mol. The van der Waals surface area contributed by atoms with Gasteiger partial charge in [-0.05, 0) is 18.6 Å². The number of hydrogen-bond acceptors (Lipinski definition) is 4. The molecule has 0 spiro atoms. The molecule has 1 aromatic rings. The van der Waals surface area contributed by atoms with Crippen LogP contribution in [0.15, 0.2) is 18.2 Å². The molecule has 21 heavy (non-hydrogen) atoms. The van der Waals surface area contributed by atoms with Crippen LogP contribution in [0, 0.1) is 5.82 Å². The minimum absolute atomic E-state index is 0.171. The van der Waals surface area contributed by atoms with Gasteiger partial charge in [-0.1, -0.05) is 17.7 Å². The maximum Gasteiger partial charge on any atom is 0.326 e. The Morgan fingerprint density at radius 3 is 2.67 bits per heavy atom. The summed E-state index contributed by atoms with van der Waals surface area (Å²) in [5, 5.41) is 10.9. The van der Waals surface area contributed by atoms with Crippen LogP contribution >= 0.6 is 11.6 Å². The fourth-order valence-electron chi connectivity index (χ4n) is 1.54. The Hall–Kier alpha value is -2.15. The topological polar surface area (TPSA) is 92.7 Å². The molecule has 1 amide bonds. The van der Waals surface area contributed by atoms with Crippen molar-refractivity contribution in [2.75, 3.05) is 7.11 Å². The molecule has 0 unspecified atom stereocenters. The van der Waals surface area contributed by atoms with Crippen LogP contribution in [0.3, 0.4) is 0 Å². The summed E-state index contributed by atoms with van der Waals surface area (Å²) in [6.45, 7) is 0. The summed E-state index contributed by atoms with van der Waals surface area (Å²) >= 11 is 5.55. The van der Waals surface area contributed by atoms with E-state index in [0.29, 0.717) is 0 Å². The van der Waals surface area contributed by atoms with Crippen molar-refractivity contribution >= 4 is 29.4 Å². The van der Waals surface area contributed by atoms with Gasteiger partial charge < -0.3 is 15.2 Å². The van der Waals surface area contributed by atoms with Crippen LogP contribution in [0.2, 0.25) is 5.02 Å². The second-order valence-electron chi connectivity index (χ2n) is 4.08. The molecule has 6 nitrogen and oxygen atoms in total. The van der Waals surface area contributed by atoms with E-state index < -0.39 is 29.7 Å². The van der Waals surface area contributed by atoms with Gasteiger partial charge >= 0.3 is 11.9 Å². The summed E-state index contributed by atoms with van der Waals surface area (Å²) in [5.74, 6) is -3.81. The standard InChI is InChI=1S/C13H13ClFNO5/c1-21-10(17)6-5-9(13(19)20)16-12(18)7-3-2-4-8(14)11(7)15/h2-4,9H,5-6H2,1H3,(H,16,18)(H,19,20)/t9-/m0/s1. The van der Waals surface area contributed by atoms with Crippen LogP contribution in [0.25, 0.3) is 0 Å². The zero-order valence-electron chi connectivity index (χ0n) is 11.1. The molecule has 1 aromatic carbocycles. The molecule has 0 radical (unpaired) electrons. The van der Waals surface area contributed by atoms with E-state index in [1.54, 1.807) is 0 Å². The molecule has 114 valence electrons. The lowest BCUT2D eigenvalue weighted by Gasteiger charge is -2.14. The third-order valence-corrected chi connectivity index (χ3v) is 2.96. The zero-order chi connectivity index (χ0) is 16.0. The van der Waals surface area contributed by atoms with E-state index in [4.69, 9.17) is 16.7 Å². The Morgan fingerprint density at radius 2 is 2.10 bits per heavy atom. The number of benzene rings is 1. The van der Waals surface area contributed by atoms with Crippen LogP contribution in [-0.4, -0.2) is 36.1 Å². The third-order valence-electron chi connectivity index (χ3n) is 2.66. The summed E-state index contributed by atoms with van der Waals surface area (Å²) < 4.78 is 18.0. The number of aliphatic carboxylic acids is 1. The smallest absolute Gasteiger partial charge is 0.326 e. The van der Waals surface area contributed by atoms with Gasteiger partial charge in [0, 0.05) is 6.42 Å². The van der Waals surface area contributed by atoms with E-state index in [9.17, 15) is 18.8 Å². The van der Waals surface area contributed by atoms with Gasteiger partial charge in [0.25, 0.3) is 5.91 Å². The van der Waals surface area contributed by atoms with Crippen molar-refractivity contribution in [3.8, 4) is 0 Å². The van der Waals surface area contributed by atoms with E-state index in [0.717, 1.165) is 7.11 Å². The fraction of sp³-hybridized carbons (Fsp3) is 0.308. The summed E-state index contributed by atoms with van der Waals surface area (Å²) in [5.41, 5.74) is -0.369. The molecule has 1 rings (SSSR count). The van der Waals surface area contributed by atoms with Gasteiger partial charge in [-0.25, -0.2) is 9.18 Å². The minimum atomic E-state index is -1.34. The number of nitrogens with one attached hydrogen (secondary N) is 1. The van der Waals surface area contributed by atoms with Crippen molar-refractivity contribution in [1.82, 2.24) is 5.32 Å². The number of carbonyl (C=O) groups excluding carboxylic acids is 2. The number of carboxylic acids is 1. The number of rotatable bonds is 6. The molecule has 1 atom stereocenters. The fourth-order valence-corrected chi connectivity index (χ4v) is 1.71. The highest BCUT2D eigenvalue weighted by molar-refractivity contribution is 6.31. The molecule has 0 saturated heterocycles. The van der Waals surface area contributed by atoms with Crippen LogP contribution in [-0.2, 0) is 14.3 Å². The molecule has 0 aliphatic heterocycles. The number of halogens is 2. The lowest BCUT2D eigenvalue weighted by Crippen LogP contribution is -2.41. The van der Waals surface area contributed by atoms with E-state index in [2.05, 4.69) is 10.1 Å². The molecule has 0 heterocycles. The van der Waals surface area contributed by atoms with Crippen molar-refractivity contribution < 1.29 is 28.6 Å². The number of amides is 1. The SMILES string of the molecule is COC(=O)CC[C@H](NC(=O)c1cccc(Cl)c1F)C(=O)O. The number of carbonyl (C=O) groups is 3. The first-order valence-corrected chi connectivity index (χ1v) is 6.29.